The monoisotopic (exact) mass is 1230 g/mol. The molecule has 8 aromatic heterocycles. The first-order valence-corrected chi connectivity index (χ1v) is 37.3. The second-order valence-electron chi connectivity index (χ2n) is 23.3. The zero-order chi connectivity index (χ0) is 57.1. The fourth-order valence-electron chi connectivity index (χ4n) is 12.5. The van der Waals surface area contributed by atoms with Crippen LogP contribution in [0, 0.1) is 43.3 Å². The van der Waals surface area contributed by atoms with Crippen LogP contribution in [0.1, 0.15) is 219 Å². The minimum atomic E-state index is -0.0699. The predicted octanol–water partition coefficient (Wildman–Crippen LogP) is 25.4. The van der Waals surface area contributed by atoms with Crippen molar-refractivity contribution in [3.8, 4) is 50.1 Å². The van der Waals surface area contributed by atoms with Crippen LogP contribution in [0.2, 0.25) is 0 Å². The van der Waals surface area contributed by atoms with Crippen molar-refractivity contribution in [3.63, 3.8) is 0 Å². The average molecular weight is 1230 g/mol. The number of hydrogen-bond donors (Lipinski definition) is 0. The molecular weight excluding hydrogens is 1150 g/mol. The highest BCUT2D eigenvalue weighted by molar-refractivity contribution is 7.31. The molecule has 8 heterocycles. The van der Waals surface area contributed by atoms with E-state index in [4.69, 9.17) is 0 Å². The fourth-order valence-corrected chi connectivity index (χ4v) is 22.4. The number of unbranched alkanes of at least 4 members (excludes halogenated alkanes) is 4. The molecule has 4 unspecified atom stereocenters. The molecule has 10 rings (SSSR count). The summed E-state index contributed by atoms with van der Waals surface area (Å²) in [7, 11) is 0. The maximum atomic E-state index is 16.5. The van der Waals surface area contributed by atoms with Gasteiger partial charge in [0.05, 0.1) is 20.9 Å². The van der Waals surface area contributed by atoms with Crippen LogP contribution in [0.25, 0.3) is 70.3 Å². The van der Waals surface area contributed by atoms with Gasteiger partial charge in [-0.3, -0.25) is 9.59 Å². The lowest BCUT2D eigenvalue weighted by Crippen LogP contribution is -2.22. The highest BCUT2D eigenvalue weighted by atomic mass is 32.1. The Morgan fingerprint density at radius 3 is 1.41 bits per heavy atom. The maximum absolute atomic E-state index is 16.5. The summed E-state index contributed by atoms with van der Waals surface area (Å²) in [5.74, 6) is 2.11. The van der Waals surface area contributed by atoms with E-state index in [0.29, 0.717) is 45.9 Å². The van der Waals surface area contributed by atoms with Crippen molar-refractivity contribution in [1.82, 2.24) is 0 Å². The summed E-state index contributed by atoms with van der Waals surface area (Å²) in [6.07, 6.45) is 22.1. The number of carbonyl (C=O) groups excluding carboxylic acids is 2. The maximum Gasteiger partial charge on any atom is 0.197 e. The molecule has 0 saturated heterocycles. The number of hydrogen-bond acceptors (Lipinski definition) is 10. The summed E-state index contributed by atoms with van der Waals surface area (Å²) in [6, 6.07) is 20.2. The summed E-state index contributed by atoms with van der Waals surface area (Å²) in [5.41, 5.74) is 5.10. The summed E-state index contributed by atoms with van der Waals surface area (Å²) in [6.45, 7) is 22.6. The topological polar surface area (TPSA) is 34.1 Å². The van der Waals surface area contributed by atoms with Gasteiger partial charge in [-0.15, -0.1) is 90.7 Å². The van der Waals surface area contributed by atoms with Gasteiger partial charge in [-0.05, 0) is 118 Å². The van der Waals surface area contributed by atoms with Crippen LogP contribution in [-0.2, 0) is 25.7 Å². The van der Waals surface area contributed by atoms with E-state index in [9.17, 15) is 0 Å². The number of thiophene rings is 8. The fraction of sp³-hybridized carbons (Fsp3) is 0.486. The molecule has 0 N–H and O–H groups in total. The molecule has 0 aliphatic heterocycles. The zero-order valence-corrected chi connectivity index (χ0v) is 56.1. The smallest absolute Gasteiger partial charge is 0.197 e. The number of halogens is 1. The van der Waals surface area contributed by atoms with Crippen molar-refractivity contribution in [3.05, 3.63) is 112 Å². The van der Waals surface area contributed by atoms with Gasteiger partial charge in [0.1, 0.15) is 5.82 Å². The molecule has 0 bridgehead atoms. The SMILES string of the molecule is CCCCC(CC)Cc1ccc(-c2c3cc(C)sc3c(-c3cc(F)c(CC(CC)CCCC)s3)c3cc(-c4ccc(-c5sc(-c6ccc(C)s6)c6c5C(=O)c5c(CC(CC)CCCC)sc(CC(CC)CCCC)c5C6=O)s4)sc23)s1. The lowest BCUT2D eigenvalue weighted by Gasteiger charge is -2.19. The second-order valence-corrected chi connectivity index (χ2v) is 32.5. The summed E-state index contributed by atoms with van der Waals surface area (Å²) in [4.78, 5) is 47.3. The van der Waals surface area contributed by atoms with Crippen LogP contribution in [0.15, 0.2) is 54.6 Å². The van der Waals surface area contributed by atoms with E-state index in [1.165, 1.54) is 95.1 Å². The second kappa shape index (κ2) is 27.3. The number of rotatable bonds is 29. The molecule has 11 heteroatoms. The van der Waals surface area contributed by atoms with Gasteiger partial charge in [-0.2, -0.15) is 0 Å². The quantitative estimate of drug-likeness (QED) is 0.0468. The molecule has 2 nitrogen and oxygen atoms in total. The van der Waals surface area contributed by atoms with Gasteiger partial charge in [-0.25, -0.2) is 4.39 Å². The molecule has 4 atom stereocenters. The van der Waals surface area contributed by atoms with E-state index in [2.05, 4.69) is 118 Å². The van der Waals surface area contributed by atoms with E-state index >= 15 is 14.0 Å². The highest BCUT2D eigenvalue weighted by Gasteiger charge is 2.42. The number of benzene rings is 1. The van der Waals surface area contributed by atoms with Crippen LogP contribution in [0.5, 0.6) is 0 Å². The Morgan fingerprint density at radius 2 is 0.864 bits per heavy atom. The molecule has 0 radical (unpaired) electrons. The van der Waals surface area contributed by atoms with Gasteiger partial charge in [-0.1, -0.05) is 158 Å². The minimum Gasteiger partial charge on any atom is -0.288 e. The highest BCUT2D eigenvalue weighted by Crippen LogP contribution is 2.56. The van der Waals surface area contributed by atoms with E-state index in [1.54, 1.807) is 56.7 Å². The molecule has 1 aromatic carbocycles. The van der Waals surface area contributed by atoms with Crippen molar-refractivity contribution in [1.29, 1.82) is 0 Å². The summed E-state index contributed by atoms with van der Waals surface area (Å²) >= 11 is 14.2. The van der Waals surface area contributed by atoms with Crippen LogP contribution >= 0.6 is 90.7 Å². The third-order valence-corrected chi connectivity index (χ3v) is 27.0. The first kappa shape index (κ1) is 60.7. The lowest BCUT2D eigenvalue weighted by molar-refractivity contribution is 0.0980. The van der Waals surface area contributed by atoms with Crippen LogP contribution < -0.4 is 0 Å². The van der Waals surface area contributed by atoms with E-state index in [1.807, 2.05) is 40.1 Å². The standard InChI is InChI=1S/C70H83FO2S8/c1-11-19-23-42(15-5)34-46-28-30-51(76-46)59-47-33-41(10)75-67(47)60(58-39-49(71)54(78-58)35-43(16-6)24-20-12-2)48-38-55(80-68(48)59)50-31-32-53(77-50)70-64-63(69(81-70)52-29-27-40(9)74-52)65(72)61-56(36-44(17-7)25-21-13-3)79-57(62(61)66(64)73)37-45(18-8)26-22-14-4/h27-33,38-39,42-45H,11-26,34-37H2,1-10H3. The van der Waals surface area contributed by atoms with Crippen molar-refractivity contribution >= 4 is 122 Å². The summed E-state index contributed by atoms with van der Waals surface area (Å²) < 4.78 is 19.0. The van der Waals surface area contributed by atoms with Crippen LogP contribution in [-0.4, -0.2) is 11.6 Å². The lowest BCUT2D eigenvalue weighted by atomic mass is 9.81. The average Bonchev–Trinajstić information content (AvgIpc) is 2.60. The Hall–Kier alpha value is -3.39. The molecular formula is C70H83FO2S8. The molecule has 0 saturated carbocycles. The molecule has 1 aliphatic rings. The molecule has 0 amide bonds. The third-order valence-electron chi connectivity index (χ3n) is 17.5. The van der Waals surface area contributed by atoms with Crippen molar-refractivity contribution in [2.24, 2.45) is 23.7 Å². The van der Waals surface area contributed by atoms with Crippen LogP contribution in [0.4, 0.5) is 4.39 Å². The zero-order valence-electron chi connectivity index (χ0n) is 49.6. The number of fused-ring (bicyclic) bond motifs is 4. The van der Waals surface area contributed by atoms with E-state index < -0.39 is 0 Å². The molecule has 81 heavy (non-hydrogen) atoms. The largest absolute Gasteiger partial charge is 0.288 e. The predicted molar refractivity (Wildman–Crippen MR) is 362 cm³/mol. The molecule has 1 aliphatic carbocycles. The molecule has 0 spiro atoms. The van der Waals surface area contributed by atoms with Crippen molar-refractivity contribution in [2.45, 2.75) is 198 Å². The van der Waals surface area contributed by atoms with Crippen molar-refractivity contribution in [2.75, 3.05) is 0 Å². The Balaban J connectivity index is 1.13. The number of carbonyl (C=O) groups is 2. The minimum absolute atomic E-state index is 0.0420. The van der Waals surface area contributed by atoms with Gasteiger partial charge in [0.15, 0.2) is 11.6 Å². The Kier molecular flexibility index (Phi) is 20.5. The Bertz CT molecular complexity index is 3630. The summed E-state index contributed by atoms with van der Waals surface area (Å²) in [5, 5.41) is 2.45. The van der Waals surface area contributed by atoms with E-state index in [0.717, 1.165) is 133 Å². The normalized spacial score (nSPS) is 14.2. The van der Waals surface area contributed by atoms with Gasteiger partial charge >= 0.3 is 0 Å². The van der Waals surface area contributed by atoms with Crippen molar-refractivity contribution < 1.29 is 14.0 Å². The van der Waals surface area contributed by atoms with Gasteiger partial charge in [0.2, 0.25) is 0 Å². The Labute approximate surface area is 515 Å². The molecule has 430 valence electrons. The number of ketones is 2. The van der Waals surface area contributed by atoms with E-state index in [-0.39, 0.29) is 17.4 Å². The Morgan fingerprint density at radius 1 is 0.383 bits per heavy atom. The molecule has 9 aromatic rings. The first-order chi connectivity index (χ1) is 39.3. The first-order valence-electron chi connectivity index (χ1n) is 30.8. The molecule has 0 fully saturated rings. The van der Waals surface area contributed by atoms with Gasteiger partial charge < -0.3 is 0 Å². The third kappa shape index (κ3) is 12.6. The number of aryl methyl sites for hydroxylation is 2. The van der Waals surface area contributed by atoms with Crippen LogP contribution in [0.3, 0.4) is 0 Å². The van der Waals surface area contributed by atoms with Gasteiger partial charge in [0.25, 0.3) is 0 Å². The van der Waals surface area contributed by atoms with Gasteiger partial charge in [0, 0.05) is 101 Å².